The number of benzene rings is 1. The Bertz CT molecular complexity index is 671. The van der Waals surface area contributed by atoms with Crippen molar-refractivity contribution in [3.05, 3.63) is 51.7 Å². The molecule has 0 saturated carbocycles. The van der Waals surface area contributed by atoms with Crippen molar-refractivity contribution in [1.82, 2.24) is 10.6 Å². The van der Waals surface area contributed by atoms with Crippen molar-refractivity contribution in [2.75, 3.05) is 31.6 Å². The fraction of sp³-hybridized carbons (Fsp3) is 0.389. The van der Waals surface area contributed by atoms with Crippen LogP contribution in [0.4, 0.5) is 5.69 Å². The number of hydrogen-bond donors (Lipinski definition) is 2. The third-order valence-electron chi connectivity index (χ3n) is 4.17. The van der Waals surface area contributed by atoms with E-state index in [1.165, 1.54) is 10.6 Å². The number of nitrogens with zero attached hydrogens (tertiary/aromatic N) is 2. The highest BCUT2D eigenvalue weighted by atomic mass is 35.5. The molecule has 4 nitrogen and oxygen atoms in total. The average molecular weight is 363 g/mol. The molecule has 1 aliphatic heterocycles. The first-order valence-corrected chi connectivity index (χ1v) is 9.50. The number of thiophene rings is 1. The largest absolute Gasteiger partial charge is 0.369 e. The summed E-state index contributed by atoms with van der Waals surface area (Å²) in [5.74, 6) is 0.879. The summed E-state index contributed by atoms with van der Waals surface area (Å²) in [5, 5.41) is 9.84. The summed E-state index contributed by atoms with van der Waals surface area (Å²) in [5.41, 5.74) is 1.19. The van der Waals surface area contributed by atoms with Gasteiger partial charge in [0.25, 0.3) is 0 Å². The van der Waals surface area contributed by atoms with Crippen molar-refractivity contribution < 1.29 is 0 Å². The van der Waals surface area contributed by atoms with Gasteiger partial charge in [0.05, 0.1) is 0 Å². The van der Waals surface area contributed by atoms with Crippen LogP contribution >= 0.6 is 22.9 Å². The predicted molar refractivity (Wildman–Crippen MR) is 105 cm³/mol. The fourth-order valence-electron chi connectivity index (χ4n) is 2.93. The van der Waals surface area contributed by atoms with Gasteiger partial charge in [-0.05, 0) is 42.5 Å². The highest BCUT2D eigenvalue weighted by molar-refractivity contribution is 7.09. The minimum atomic E-state index is 0.400. The van der Waals surface area contributed by atoms with Crippen molar-refractivity contribution in [2.45, 2.75) is 18.9 Å². The van der Waals surface area contributed by atoms with Crippen LogP contribution in [0.1, 0.15) is 11.3 Å². The van der Waals surface area contributed by atoms with Gasteiger partial charge in [-0.2, -0.15) is 0 Å². The molecule has 24 heavy (non-hydrogen) atoms. The Labute approximate surface area is 152 Å². The molecule has 0 spiro atoms. The molecular weight excluding hydrogens is 340 g/mol. The monoisotopic (exact) mass is 362 g/mol. The zero-order valence-corrected chi connectivity index (χ0v) is 15.4. The Kier molecular flexibility index (Phi) is 5.99. The number of halogens is 1. The Balaban J connectivity index is 1.46. The molecule has 1 atom stereocenters. The summed E-state index contributed by atoms with van der Waals surface area (Å²) in [7, 11) is 1.82. The van der Waals surface area contributed by atoms with E-state index in [0.717, 1.165) is 43.5 Å². The van der Waals surface area contributed by atoms with Crippen LogP contribution in [0.25, 0.3) is 0 Å². The standard InChI is InChI=1S/C18H23ClN4S/c1-20-18(21-9-7-17-6-3-11-24-17)22-15-8-10-23(13-15)16-5-2-4-14(19)12-16/h2-6,11-12,15H,7-10,13H2,1H3,(H2,20,21,22). The van der Waals surface area contributed by atoms with E-state index in [1.54, 1.807) is 11.3 Å². The number of guanidine groups is 1. The van der Waals surface area contributed by atoms with Gasteiger partial charge in [-0.15, -0.1) is 11.3 Å². The molecule has 0 radical (unpaired) electrons. The number of nitrogens with one attached hydrogen (secondary N) is 2. The van der Waals surface area contributed by atoms with Crippen molar-refractivity contribution >= 4 is 34.6 Å². The van der Waals surface area contributed by atoms with E-state index in [0.29, 0.717) is 6.04 Å². The molecule has 128 valence electrons. The molecule has 1 unspecified atom stereocenters. The summed E-state index contributed by atoms with van der Waals surface area (Å²) >= 11 is 7.89. The number of aliphatic imine (C=N–C) groups is 1. The second-order valence-electron chi connectivity index (χ2n) is 5.88. The first-order valence-electron chi connectivity index (χ1n) is 8.24. The number of rotatable bonds is 5. The normalized spacial score (nSPS) is 18.0. The van der Waals surface area contributed by atoms with Crippen LogP contribution in [0, 0.1) is 0 Å². The van der Waals surface area contributed by atoms with Gasteiger partial charge in [-0.1, -0.05) is 23.7 Å². The maximum absolute atomic E-state index is 6.10. The van der Waals surface area contributed by atoms with E-state index >= 15 is 0 Å². The maximum atomic E-state index is 6.10. The fourth-order valence-corrected chi connectivity index (χ4v) is 3.83. The Hall–Kier alpha value is -1.72. The highest BCUT2D eigenvalue weighted by Gasteiger charge is 2.23. The van der Waals surface area contributed by atoms with Gasteiger partial charge in [0.15, 0.2) is 5.96 Å². The second kappa shape index (κ2) is 8.40. The van der Waals surface area contributed by atoms with Crippen LogP contribution in [0.2, 0.25) is 5.02 Å². The third-order valence-corrected chi connectivity index (χ3v) is 5.34. The summed E-state index contributed by atoms with van der Waals surface area (Å²) in [6.07, 6.45) is 2.12. The van der Waals surface area contributed by atoms with E-state index in [1.807, 2.05) is 25.2 Å². The highest BCUT2D eigenvalue weighted by Crippen LogP contribution is 2.23. The molecule has 1 saturated heterocycles. The molecule has 6 heteroatoms. The lowest BCUT2D eigenvalue weighted by atomic mass is 10.2. The first kappa shape index (κ1) is 17.1. The van der Waals surface area contributed by atoms with E-state index in [9.17, 15) is 0 Å². The predicted octanol–water partition coefficient (Wildman–Crippen LogP) is 3.39. The zero-order valence-electron chi connectivity index (χ0n) is 13.8. The average Bonchev–Trinajstić information content (AvgIpc) is 3.25. The van der Waals surface area contributed by atoms with Gasteiger partial charge < -0.3 is 15.5 Å². The van der Waals surface area contributed by atoms with Gasteiger partial charge in [-0.25, -0.2) is 0 Å². The molecule has 1 fully saturated rings. The van der Waals surface area contributed by atoms with Gasteiger partial charge >= 0.3 is 0 Å². The van der Waals surface area contributed by atoms with Crippen LogP contribution in [-0.4, -0.2) is 38.7 Å². The summed E-state index contributed by atoms with van der Waals surface area (Å²) in [4.78, 5) is 8.10. The lowest BCUT2D eigenvalue weighted by molar-refractivity contribution is 0.648. The second-order valence-corrected chi connectivity index (χ2v) is 7.35. The molecule has 2 aromatic rings. The molecule has 1 aromatic carbocycles. The molecule has 0 aliphatic carbocycles. The van der Waals surface area contributed by atoms with Crippen LogP contribution in [0.5, 0.6) is 0 Å². The first-order chi connectivity index (χ1) is 11.7. The van der Waals surface area contributed by atoms with Crippen LogP contribution in [-0.2, 0) is 6.42 Å². The molecule has 0 bridgehead atoms. The summed E-state index contributed by atoms with van der Waals surface area (Å²) in [6, 6.07) is 12.7. The smallest absolute Gasteiger partial charge is 0.191 e. The molecular formula is C18H23ClN4S. The Morgan fingerprint density at radius 2 is 2.29 bits per heavy atom. The van der Waals surface area contributed by atoms with Gasteiger partial charge in [0.1, 0.15) is 0 Å². The Morgan fingerprint density at radius 3 is 3.04 bits per heavy atom. The van der Waals surface area contributed by atoms with E-state index in [-0.39, 0.29) is 0 Å². The van der Waals surface area contributed by atoms with Crippen molar-refractivity contribution in [3.63, 3.8) is 0 Å². The van der Waals surface area contributed by atoms with E-state index in [2.05, 4.69) is 44.1 Å². The van der Waals surface area contributed by atoms with Crippen molar-refractivity contribution in [2.24, 2.45) is 4.99 Å². The van der Waals surface area contributed by atoms with Gasteiger partial charge in [0.2, 0.25) is 0 Å². The SMILES string of the molecule is CN=C(NCCc1cccs1)NC1CCN(c2cccc(Cl)c2)C1. The molecule has 3 rings (SSSR count). The van der Waals surface area contributed by atoms with E-state index in [4.69, 9.17) is 11.6 Å². The van der Waals surface area contributed by atoms with Crippen LogP contribution in [0.3, 0.4) is 0 Å². The third kappa shape index (κ3) is 4.65. The number of hydrogen-bond acceptors (Lipinski definition) is 3. The van der Waals surface area contributed by atoms with Crippen molar-refractivity contribution in [3.8, 4) is 0 Å². The van der Waals surface area contributed by atoms with Crippen molar-refractivity contribution in [1.29, 1.82) is 0 Å². The molecule has 2 heterocycles. The molecule has 1 aliphatic rings. The van der Waals surface area contributed by atoms with Crippen LogP contribution in [0.15, 0.2) is 46.8 Å². The quantitative estimate of drug-likeness (QED) is 0.632. The summed E-state index contributed by atoms with van der Waals surface area (Å²) < 4.78 is 0. The number of anilines is 1. The lowest BCUT2D eigenvalue weighted by Crippen LogP contribution is -2.45. The van der Waals surface area contributed by atoms with E-state index < -0.39 is 0 Å². The minimum Gasteiger partial charge on any atom is -0.369 e. The van der Waals surface area contributed by atoms with Crippen LogP contribution < -0.4 is 15.5 Å². The summed E-state index contributed by atoms with van der Waals surface area (Å²) in [6.45, 7) is 2.89. The Morgan fingerprint density at radius 1 is 1.38 bits per heavy atom. The minimum absolute atomic E-state index is 0.400. The zero-order chi connectivity index (χ0) is 16.8. The molecule has 2 N–H and O–H groups in total. The maximum Gasteiger partial charge on any atom is 0.191 e. The molecule has 1 aromatic heterocycles. The van der Waals surface area contributed by atoms with Gasteiger partial charge in [-0.3, -0.25) is 4.99 Å². The van der Waals surface area contributed by atoms with Gasteiger partial charge in [0, 0.05) is 48.3 Å². The lowest BCUT2D eigenvalue weighted by Gasteiger charge is -2.20. The topological polar surface area (TPSA) is 39.7 Å². The molecule has 0 amide bonds.